The van der Waals surface area contributed by atoms with Crippen LogP contribution in [0.25, 0.3) is 21.2 Å². The summed E-state index contributed by atoms with van der Waals surface area (Å²) < 4.78 is 10.9. The molecule has 3 rings (SSSR count). The van der Waals surface area contributed by atoms with Gasteiger partial charge in [-0.2, -0.15) is 0 Å². The highest BCUT2D eigenvalue weighted by atomic mass is 32.1. The Hall–Kier alpha value is -2.08. The Balaban J connectivity index is 2.58. The molecular weight excluding hydrogens is 252 g/mol. The van der Waals surface area contributed by atoms with Gasteiger partial charge < -0.3 is 14.9 Å². The third-order valence-corrected chi connectivity index (χ3v) is 3.64. The van der Waals surface area contributed by atoms with Gasteiger partial charge >= 0.3 is 5.63 Å². The number of anilines is 1. The fourth-order valence-corrected chi connectivity index (χ4v) is 2.73. The van der Waals surface area contributed by atoms with Crippen molar-refractivity contribution in [1.82, 2.24) is 4.98 Å². The summed E-state index contributed by atoms with van der Waals surface area (Å²) in [5, 5.41) is 1.17. The van der Waals surface area contributed by atoms with Crippen molar-refractivity contribution >= 4 is 37.7 Å². The first kappa shape index (κ1) is 11.0. The van der Waals surface area contributed by atoms with Gasteiger partial charge in [0, 0.05) is 11.5 Å². The van der Waals surface area contributed by atoms with E-state index in [1.54, 1.807) is 13.2 Å². The first-order chi connectivity index (χ1) is 8.60. The van der Waals surface area contributed by atoms with E-state index in [2.05, 4.69) is 4.98 Å². The number of hydrogen-bond donors (Lipinski definition) is 1. The van der Waals surface area contributed by atoms with Crippen molar-refractivity contribution in [3.8, 4) is 5.75 Å². The first-order valence-electron chi connectivity index (χ1n) is 5.27. The van der Waals surface area contributed by atoms with Crippen LogP contribution in [0.5, 0.6) is 5.75 Å². The number of nitrogen functional groups attached to an aromatic ring is 1. The zero-order chi connectivity index (χ0) is 12.9. The molecule has 0 fully saturated rings. The summed E-state index contributed by atoms with van der Waals surface area (Å²) in [5.74, 6) is 0.644. The van der Waals surface area contributed by atoms with Crippen LogP contribution in [0, 0.1) is 6.92 Å². The Morgan fingerprint density at radius 1 is 1.44 bits per heavy atom. The quantitative estimate of drug-likeness (QED) is 0.681. The summed E-state index contributed by atoms with van der Waals surface area (Å²) in [7, 11) is 1.57. The Labute approximate surface area is 106 Å². The van der Waals surface area contributed by atoms with Gasteiger partial charge in [0.05, 0.1) is 7.11 Å². The van der Waals surface area contributed by atoms with Crippen LogP contribution in [0.2, 0.25) is 0 Å². The first-order valence-corrected chi connectivity index (χ1v) is 6.09. The molecule has 3 aromatic rings. The average Bonchev–Trinajstić information content (AvgIpc) is 2.70. The molecule has 2 heterocycles. The van der Waals surface area contributed by atoms with Crippen LogP contribution in [0.3, 0.4) is 0 Å². The van der Waals surface area contributed by atoms with Gasteiger partial charge in [-0.05, 0) is 18.6 Å². The van der Waals surface area contributed by atoms with Crippen molar-refractivity contribution in [3.63, 3.8) is 0 Å². The lowest BCUT2D eigenvalue weighted by Crippen LogP contribution is -1.98. The molecular formula is C12H10N2O3S. The molecule has 5 nitrogen and oxygen atoms in total. The minimum atomic E-state index is -0.417. The van der Waals surface area contributed by atoms with Crippen molar-refractivity contribution in [3.05, 3.63) is 28.1 Å². The number of hydrogen-bond acceptors (Lipinski definition) is 6. The molecule has 0 unspecified atom stereocenters. The number of nitrogens with two attached hydrogens (primary N) is 1. The Kier molecular flexibility index (Phi) is 2.27. The van der Waals surface area contributed by atoms with E-state index in [9.17, 15) is 4.79 Å². The third kappa shape index (κ3) is 1.46. The fourth-order valence-electron chi connectivity index (χ4n) is 2.02. The molecule has 92 valence electrons. The normalized spacial score (nSPS) is 11.2. The number of fused-ring (bicyclic) bond motifs is 3. The second-order valence-electron chi connectivity index (χ2n) is 3.94. The number of benzene rings is 1. The van der Waals surface area contributed by atoms with Crippen LogP contribution >= 0.6 is 11.3 Å². The third-order valence-electron chi connectivity index (χ3n) is 2.78. The van der Waals surface area contributed by atoms with Crippen molar-refractivity contribution in [2.24, 2.45) is 0 Å². The van der Waals surface area contributed by atoms with E-state index in [1.165, 1.54) is 0 Å². The highest BCUT2D eigenvalue weighted by Gasteiger charge is 2.15. The minimum Gasteiger partial charge on any atom is -0.497 e. The largest absolute Gasteiger partial charge is 0.497 e. The molecule has 0 amide bonds. The van der Waals surface area contributed by atoms with E-state index in [4.69, 9.17) is 14.9 Å². The van der Waals surface area contributed by atoms with Gasteiger partial charge in [0.25, 0.3) is 0 Å². The highest BCUT2D eigenvalue weighted by molar-refractivity contribution is 7.22. The molecule has 6 heteroatoms. The molecule has 0 atom stereocenters. The van der Waals surface area contributed by atoms with Crippen LogP contribution in [-0.4, -0.2) is 12.1 Å². The van der Waals surface area contributed by atoms with E-state index in [-0.39, 0.29) is 0 Å². The fraction of sp³-hybridized carbons (Fsp3) is 0.167. The lowest BCUT2D eigenvalue weighted by molar-refractivity contribution is 0.414. The Morgan fingerprint density at radius 2 is 2.22 bits per heavy atom. The molecule has 0 aliphatic carbocycles. The predicted octanol–water partition coefficient (Wildman–Crippen LogP) is 2.30. The maximum Gasteiger partial charge on any atom is 0.356 e. The number of aromatic nitrogens is 1. The Morgan fingerprint density at radius 3 is 2.94 bits per heavy atom. The lowest BCUT2D eigenvalue weighted by Gasteiger charge is -2.05. The van der Waals surface area contributed by atoms with E-state index >= 15 is 0 Å². The molecule has 0 saturated heterocycles. The number of thiazole rings is 1. The van der Waals surface area contributed by atoms with Crippen molar-refractivity contribution < 1.29 is 9.15 Å². The molecule has 0 aliphatic rings. The van der Waals surface area contributed by atoms with Crippen LogP contribution in [0.15, 0.2) is 21.3 Å². The summed E-state index contributed by atoms with van der Waals surface area (Å²) >= 11 is 1.14. The number of aryl methyl sites for hydroxylation is 1. The molecule has 0 spiro atoms. The van der Waals surface area contributed by atoms with Gasteiger partial charge in [0.1, 0.15) is 21.5 Å². The molecule has 18 heavy (non-hydrogen) atoms. The second kappa shape index (κ2) is 3.71. The van der Waals surface area contributed by atoms with Crippen molar-refractivity contribution in [1.29, 1.82) is 0 Å². The number of nitrogens with zero attached hydrogens (tertiary/aromatic N) is 1. The zero-order valence-electron chi connectivity index (χ0n) is 9.81. The van der Waals surface area contributed by atoms with Gasteiger partial charge in [-0.25, -0.2) is 9.78 Å². The molecule has 0 bridgehead atoms. The number of methoxy groups -OCH3 is 1. The topological polar surface area (TPSA) is 78.3 Å². The van der Waals surface area contributed by atoms with Gasteiger partial charge in [0.2, 0.25) is 0 Å². The smallest absolute Gasteiger partial charge is 0.356 e. The van der Waals surface area contributed by atoms with Gasteiger partial charge in [-0.3, -0.25) is 0 Å². The van der Waals surface area contributed by atoms with Crippen LogP contribution < -0.4 is 16.1 Å². The Bertz CT molecular complexity index is 819. The zero-order valence-corrected chi connectivity index (χ0v) is 10.6. The minimum absolute atomic E-state index is 0.361. The van der Waals surface area contributed by atoms with Crippen LogP contribution in [0.4, 0.5) is 5.13 Å². The molecule has 2 aromatic heterocycles. The SMILES string of the molecule is COc1cc(C)c2c(c1)oc(=O)c1sc(N)nc12. The number of ether oxygens (including phenoxy) is 1. The van der Waals surface area contributed by atoms with Crippen molar-refractivity contribution in [2.75, 3.05) is 12.8 Å². The number of rotatable bonds is 1. The summed E-state index contributed by atoms with van der Waals surface area (Å²) in [6, 6.07) is 3.55. The standard InChI is InChI=1S/C12H10N2O3S/c1-5-3-6(16-2)4-7-8(5)9-10(11(15)17-7)18-12(13)14-9/h3-4H,1-2H3,(H2,13,14). The highest BCUT2D eigenvalue weighted by Crippen LogP contribution is 2.32. The van der Waals surface area contributed by atoms with Crippen molar-refractivity contribution in [2.45, 2.75) is 6.92 Å². The van der Waals surface area contributed by atoms with Crippen LogP contribution in [0.1, 0.15) is 5.56 Å². The molecule has 0 saturated carbocycles. The average molecular weight is 262 g/mol. The maximum absolute atomic E-state index is 11.8. The maximum atomic E-state index is 11.8. The lowest BCUT2D eigenvalue weighted by atomic mass is 10.1. The summed E-state index contributed by atoms with van der Waals surface area (Å²) in [4.78, 5) is 16.0. The molecule has 0 aliphatic heterocycles. The summed E-state index contributed by atoms with van der Waals surface area (Å²) in [6.45, 7) is 1.92. The van der Waals surface area contributed by atoms with Gasteiger partial charge in [0.15, 0.2) is 5.13 Å². The monoisotopic (exact) mass is 262 g/mol. The van der Waals surface area contributed by atoms with E-state index in [0.717, 1.165) is 22.3 Å². The van der Waals surface area contributed by atoms with E-state index in [1.807, 2.05) is 13.0 Å². The van der Waals surface area contributed by atoms with Gasteiger partial charge in [-0.1, -0.05) is 11.3 Å². The predicted molar refractivity (Wildman–Crippen MR) is 71.4 cm³/mol. The van der Waals surface area contributed by atoms with E-state index < -0.39 is 5.63 Å². The summed E-state index contributed by atoms with van der Waals surface area (Å²) in [6.07, 6.45) is 0. The molecule has 0 radical (unpaired) electrons. The van der Waals surface area contributed by atoms with E-state index in [0.29, 0.717) is 26.7 Å². The van der Waals surface area contributed by atoms with Gasteiger partial charge in [-0.15, -0.1) is 0 Å². The second-order valence-corrected chi connectivity index (χ2v) is 4.97. The summed E-state index contributed by atoms with van der Waals surface area (Å²) in [5.41, 5.74) is 7.24. The molecule has 2 N–H and O–H groups in total. The van der Waals surface area contributed by atoms with Crippen LogP contribution in [-0.2, 0) is 0 Å². The molecule has 1 aromatic carbocycles.